The van der Waals surface area contributed by atoms with Crippen LogP contribution in [0.3, 0.4) is 0 Å². The lowest BCUT2D eigenvalue weighted by molar-refractivity contribution is -0.118. The van der Waals surface area contributed by atoms with Crippen molar-refractivity contribution in [1.29, 1.82) is 0 Å². The minimum atomic E-state index is -0.341. The predicted octanol–water partition coefficient (Wildman–Crippen LogP) is 4.30. The summed E-state index contributed by atoms with van der Waals surface area (Å²) in [6.45, 7) is 0. The van der Waals surface area contributed by atoms with Gasteiger partial charge in [0.15, 0.2) is 5.16 Å². The number of carbonyl (C=O) groups excluding carboxylic acids is 1. The molecule has 1 heterocycles. The number of ether oxygens (including phenoxy) is 2. The molecule has 1 aromatic heterocycles. The highest BCUT2D eigenvalue weighted by Crippen LogP contribution is 2.24. The molecule has 35 heavy (non-hydrogen) atoms. The van der Waals surface area contributed by atoms with Gasteiger partial charge in [0.1, 0.15) is 11.5 Å². The number of carbonyl (C=O) groups is 1. The molecule has 1 N–H and O–H groups in total. The Morgan fingerprint density at radius 3 is 2.37 bits per heavy atom. The molecule has 3 aromatic carbocycles. The number of halogens is 1. The highest BCUT2D eigenvalue weighted by atomic mass is 35.5. The van der Waals surface area contributed by atoms with Gasteiger partial charge in [-0.3, -0.25) is 14.2 Å². The Morgan fingerprint density at radius 2 is 1.71 bits per heavy atom. The van der Waals surface area contributed by atoms with E-state index in [-0.39, 0.29) is 17.2 Å². The number of amides is 1. The largest absolute Gasteiger partial charge is 0.497 e. The van der Waals surface area contributed by atoms with Crippen LogP contribution < -0.4 is 20.5 Å². The lowest BCUT2D eigenvalue weighted by Crippen LogP contribution is -2.24. The molecule has 0 atom stereocenters. The molecule has 0 fully saturated rings. The number of methoxy groups -OCH3 is 2. The van der Waals surface area contributed by atoms with Crippen molar-refractivity contribution < 1.29 is 14.3 Å². The first-order valence-corrected chi connectivity index (χ1v) is 11.8. The smallest absolute Gasteiger partial charge is 0.266 e. The van der Waals surface area contributed by atoms with Crippen LogP contribution in [0.1, 0.15) is 5.56 Å². The third-order valence-electron chi connectivity index (χ3n) is 4.98. The van der Waals surface area contributed by atoms with E-state index in [9.17, 15) is 9.59 Å². The van der Waals surface area contributed by atoms with E-state index in [0.717, 1.165) is 23.1 Å². The fourth-order valence-electron chi connectivity index (χ4n) is 3.22. The molecule has 0 aliphatic carbocycles. The number of hydrazone groups is 1. The molecule has 0 aliphatic heterocycles. The van der Waals surface area contributed by atoms with Crippen molar-refractivity contribution in [2.75, 3.05) is 20.0 Å². The van der Waals surface area contributed by atoms with Gasteiger partial charge in [0.2, 0.25) is 0 Å². The summed E-state index contributed by atoms with van der Waals surface area (Å²) < 4.78 is 11.8. The summed E-state index contributed by atoms with van der Waals surface area (Å²) in [5.74, 6) is 1.05. The second-order valence-electron chi connectivity index (χ2n) is 7.25. The van der Waals surface area contributed by atoms with Gasteiger partial charge in [-0.1, -0.05) is 23.4 Å². The first kappa shape index (κ1) is 24.3. The Labute approximate surface area is 210 Å². The Kier molecular flexibility index (Phi) is 7.69. The van der Waals surface area contributed by atoms with Gasteiger partial charge >= 0.3 is 0 Å². The highest BCUT2D eigenvalue weighted by molar-refractivity contribution is 7.99. The summed E-state index contributed by atoms with van der Waals surface area (Å²) in [5.41, 5.74) is 4.09. The first-order valence-electron chi connectivity index (χ1n) is 10.4. The van der Waals surface area contributed by atoms with E-state index in [1.54, 1.807) is 68.8 Å². The molecule has 8 nitrogen and oxygen atoms in total. The van der Waals surface area contributed by atoms with E-state index < -0.39 is 0 Å². The van der Waals surface area contributed by atoms with E-state index in [4.69, 9.17) is 21.1 Å². The van der Waals surface area contributed by atoms with E-state index >= 15 is 0 Å². The molecule has 0 saturated heterocycles. The van der Waals surface area contributed by atoms with Gasteiger partial charge in [0, 0.05) is 5.02 Å². The second kappa shape index (κ2) is 11.1. The number of aromatic nitrogens is 2. The molecular weight excluding hydrogens is 488 g/mol. The van der Waals surface area contributed by atoms with Crippen LogP contribution in [0.5, 0.6) is 11.5 Å². The molecule has 4 rings (SSSR count). The van der Waals surface area contributed by atoms with Gasteiger partial charge in [-0.25, -0.2) is 10.4 Å². The number of benzene rings is 3. The zero-order valence-corrected chi connectivity index (χ0v) is 20.5. The summed E-state index contributed by atoms with van der Waals surface area (Å²) in [6, 6.07) is 19.2. The summed E-state index contributed by atoms with van der Waals surface area (Å²) in [6.07, 6.45) is 1.54. The Bertz CT molecular complexity index is 1440. The van der Waals surface area contributed by atoms with Crippen LogP contribution in [0.25, 0.3) is 16.6 Å². The van der Waals surface area contributed by atoms with Crippen LogP contribution >= 0.6 is 23.4 Å². The van der Waals surface area contributed by atoms with Crippen LogP contribution in [0.15, 0.2) is 81.8 Å². The van der Waals surface area contributed by atoms with Crippen molar-refractivity contribution in [3.8, 4) is 17.2 Å². The topological polar surface area (TPSA) is 94.8 Å². The molecule has 1 amide bonds. The minimum absolute atomic E-state index is 0.00163. The quantitative estimate of drug-likeness (QED) is 0.165. The van der Waals surface area contributed by atoms with Gasteiger partial charge in [-0.15, -0.1) is 0 Å². The zero-order valence-electron chi connectivity index (χ0n) is 18.9. The number of hydrogen-bond acceptors (Lipinski definition) is 7. The van der Waals surface area contributed by atoms with Gasteiger partial charge < -0.3 is 9.47 Å². The van der Waals surface area contributed by atoms with Crippen LogP contribution in [0, 0.1) is 0 Å². The predicted molar refractivity (Wildman–Crippen MR) is 138 cm³/mol. The summed E-state index contributed by atoms with van der Waals surface area (Å²) in [7, 11) is 3.16. The lowest BCUT2D eigenvalue weighted by atomic mass is 10.2. The normalized spacial score (nSPS) is 11.1. The summed E-state index contributed by atoms with van der Waals surface area (Å²) >= 11 is 7.24. The van der Waals surface area contributed by atoms with Gasteiger partial charge in [-0.2, -0.15) is 5.10 Å². The van der Waals surface area contributed by atoms with E-state index in [1.807, 2.05) is 12.1 Å². The Morgan fingerprint density at radius 1 is 1.06 bits per heavy atom. The number of nitrogens with one attached hydrogen (secondary N) is 1. The minimum Gasteiger partial charge on any atom is -0.497 e. The molecule has 4 aromatic rings. The standard InChI is InChI=1S/C25H21ClN4O4S/c1-33-19-8-3-16(4-9-19)14-27-29-23(31)15-35-25-28-22-12-5-17(26)13-21(22)24(32)30(25)18-6-10-20(34-2)11-7-18/h3-14H,15H2,1-2H3,(H,29,31)/b27-14+. The molecule has 0 saturated carbocycles. The van der Waals surface area contributed by atoms with Crippen molar-refractivity contribution in [3.05, 3.63) is 87.7 Å². The van der Waals surface area contributed by atoms with E-state index in [1.165, 1.54) is 10.8 Å². The zero-order chi connectivity index (χ0) is 24.8. The Hall–Kier alpha value is -3.82. The van der Waals surface area contributed by atoms with Gasteiger partial charge in [0.05, 0.1) is 42.8 Å². The number of hydrogen-bond donors (Lipinski definition) is 1. The van der Waals surface area contributed by atoms with Crippen molar-refractivity contribution in [1.82, 2.24) is 15.0 Å². The molecule has 0 spiro atoms. The first-order chi connectivity index (χ1) is 17.0. The number of nitrogens with zero attached hydrogens (tertiary/aromatic N) is 3. The fourth-order valence-corrected chi connectivity index (χ4v) is 4.20. The van der Waals surface area contributed by atoms with Crippen LogP contribution in [0.4, 0.5) is 0 Å². The maximum absolute atomic E-state index is 13.4. The van der Waals surface area contributed by atoms with Crippen molar-refractivity contribution in [2.45, 2.75) is 5.16 Å². The lowest BCUT2D eigenvalue weighted by Gasteiger charge is -2.13. The fraction of sp³-hybridized carbons (Fsp3) is 0.120. The van der Waals surface area contributed by atoms with Gasteiger partial charge in [-0.05, 0) is 72.3 Å². The van der Waals surface area contributed by atoms with Gasteiger partial charge in [0.25, 0.3) is 11.5 Å². The third kappa shape index (κ3) is 5.82. The number of fused-ring (bicyclic) bond motifs is 1. The third-order valence-corrected chi connectivity index (χ3v) is 6.15. The summed E-state index contributed by atoms with van der Waals surface area (Å²) in [4.78, 5) is 30.4. The Balaban J connectivity index is 1.56. The second-order valence-corrected chi connectivity index (χ2v) is 8.63. The van der Waals surface area contributed by atoms with E-state index in [0.29, 0.717) is 32.5 Å². The number of thioether (sulfide) groups is 1. The SMILES string of the molecule is COc1ccc(/C=N/NC(=O)CSc2nc3ccc(Cl)cc3c(=O)n2-c2ccc(OC)cc2)cc1. The molecule has 0 unspecified atom stereocenters. The van der Waals surface area contributed by atoms with Crippen LogP contribution in [-0.2, 0) is 4.79 Å². The molecule has 10 heteroatoms. The van der Waals surface area contributed by atoms with Crippen LogP contribution in [0.2, 0.25) is 5.02 Å². The molecule has 178 valence electrons. The maximum atomic E-state index is 13.4. The van der Waals surface area contributed by atoms with Crippen LogP contribution in [-0.4, -0.2) is 41.6 Å². The molecule has 0 bridgehead atoms. The average molecular weight is 509 g/mol. The highest BCUT2D eigenvalue weighted by Gasteiger charge is 2.15. The maximum Gasteiger partial charge on any atom is 0.266 e. The molecule has 0 radical (unpaired) electrons. The summed E-state index contributed by atoms with van der Waals surface area (Å²) in [5, 5.41) is 5.17. The van der Waals surface area contributed by atoms with Crippen molar-refractivity contribution in [2.24, 2.45) is 5.10 Å². The van der Waals surface area contributed by atoms with Crippen molar-refractivity contribution >= 4 is 46.4 Å². The van der Waals surface area contributed by atoms with Crippen molar-refractivity contribution in [3.63, 3.8) is 0 Å². The molecule has 0 aliphatic rings. The monoisotopic (exact) mass is 508 g/mol. The molecular formula is C25H21ClN4O4S. The van der Waals surface area contributed by atoms with E-state index in [2.05, 4.69) is 15.5 Å². The average Bonchev–Trinajstić information content (AvgIpc) is 2.88. The number of rotatable bonds is 8.